The molecule has 0 atom stereocenters. The molecule has 100 valence electrons. The summed E-state index contributed by atoms with van der Waals surface area (Å²) in [6.07, 6.45) is 0. The maximum atomic E-state index is 12.3. The fraction of sp³-hybridized carbons (Fsp3) is 0.462. The summed E-state index contributed by atoms with van der Waals surface area (Å²) in [5.41, 5.74) is 0.577. The minimum Gasteiger partial charge on any atom is -0.496 e. The van der Waals surface area contributed by atoms with Crippen LogP contribution in [0.25, 0.3) is 0 Å². The van der Waals surface area contributed by atoms with Crippen LogP contribution in [0.3, 0.4) is 0 Å². The van der Waals surface area contributed by atoms with Crippen LogP contribution in [0.15, 0.2) is 22.7 Å². The van der Waals surface area contributed by atoms with E-state index in [1.54, 1.807) is 31.2 Å². The fourth-order valence-electron chi connectivity index (χ4n) is 1.50. The molecule has 0 N–H and O–H groups in total. The molecule has 0 fully saturated rings. The lowest BCUT2D eigenvalue weighted by Gasteiger charge is -2.20. The van der Waals surface area contributed by atoms with Gasteiger partial charge in [-0.2, -0.15) is 0 Å². The normalized spacial score (nSPS) is 10.6. The summed E-state index contributed by atoms with van der Waals surface area (Å²) in [7, 11) is 7.34. The highest BCUT2D eigenvalue weighted by molar-refractivity contribution is 9.10. The minimum absolute atomic E-state index is 0.0324. The number of methoxy groups -OCH3 is 1. The summed E-state index contributed by atoms with van der Waals surface area (Å²) in [6.45, 7) is 1.51. The number of hydrogen-bond donors (Lipinski definition) is 0. The van der Waals surface area contributed by atoms with Crippen molar-refractivity contribution in [1.29, 1.82) is 0 Å². The van der Waals surface area contributed by atoms with Crippen molar-refractivity contribution >= 4 is 21.8 Å². The standard InChI is InChI=1S/C13H19BrN2O2/c1-15(2)7-8-16(3)13(17)11-9-10(14)5-6-12(11)18-4/h5-6,9H,7-8H2,1-4H3. The third-order valence-electron chi connectivity index (χ3n) is 2.62. The third kappa shape index (κ3) is 3.99. The van der Waals surface area contributed by atoms with Gasteiger partial charge in [0.25, 0.3) is 5.91 Å². The molecule has 18 heavy (non-hydrogen) atoms. The van der Waals surface area contributed by atoms with E-state index in [0.717, 1.165) is 11.0 Å². The van der Waals surface area contributed by atoms with Gasteiger partial charge in [-0.25, -0.2) is 0 Å². The number of hydrogen-bond acceptors (Lipinski definition) is 3. The molecule has 0 bridgehead atoms. The highest BCUT2D eigenvalue weighted by atomic mass is 79.9. The molecule has 0 spiro atoms. The van der Waals surface area contributed by atoms with Crippen LogP contribution in [0.5, 0.6) is 5.75 Å². The number of benzene rings is 1. The van der Waals surface area contributed by atoms with Gasteiger partial charge in [-0.15, -0.1) is 0 Å². The number of likely N-dealkylation sites (N-methyl/N-ethyl adjacent to an activating group) is 2. The van der Waals surface area contributed by atoms with Crippen LogP contribution >= 0.6 is 15.9 Å². The van der Waals surface area contributed by atoms with E-state index in [1.807, 2.05) is 25.1 Å². The van der Waals surface area contributed by atoms with Gasteiger partial charge >= 0.3 is 0 Å². The number of carbonyl (C=O) groups excluding carboxylic acids is 1. The minimum atomic E-state index is -0.0324. The summed E-state index contributed by atoms with van der Waals surface area (Å²) in [6, 6.07) is 5.43. The number of carbonyl (C=O) groups is 1. The van der Waals surface area contributed by atoms with E-state index < -0.39 is 0 Å². The van der Waals surface area contributed by atoms with Gasteiger partial charge in [-0.05, 0) is 32.3 Å². The van der Waals surface area contributed by atoms with Crippen molar-refractivity contribution in [3.8, 4) is 5.75 Å². The largest absolute Gasteiger partial charge is 0.496 e. The van der Waals surface area contributed by atoms with Crippen LogP contribution in [0.1, 0.15) is 10.4 Å². The predicted octanol–water partition coefficient (Wildman–Crippen LogP) is 2.09. The third-order valence-corrected chi connectivity index (χ3v) is 3.11. The Labute approximate surface area is 117 Å². The van der Waals surface area contributed by atoms with Crippen molar-refractivity contribution in [3.05, 3.63) is 28.2 Å². The first-order valence-electron chi connectivity index (χ1n) is 5.69. The van der Waals surface area contributed by atoms with E-state index in [-0.39, 0.29) is 5.91 Å². The Morgan fingerprint density at radius 1 is 1.28 bits per heavy atom. The summed E-state index contributed by atoms with van der Waals surface area (Å²) in [5, 5.41) is 0. The molecule has 0 saturated carbocycles. The highest BCUT2D eigenvalue weighted by Gasteiger charge is 2.16. The van der Waals surface area contributed by atoms with E-state index in [9.17, 15) is 4.79 Å². The van der Waals surface area contributed by atoms with Crippen molar-refractivity contribution in [3.63, 3.8) is 0 Å². The summed E-state index contributed by atoms with van der Waals surface area (Å²) in [5.74, 6) is 0.565. The Balaban J connectivity index is 2.85. The number of halogens is 1. The lowest BCUT2D eigenvalue weighted by molar-refractivity contribution is 0.0783. The molecule has 1 rings (SSSR count). The molecule has 0 aliphatic rings. The molecule has 4 nitrogen and oxygen atoms in total. The first kappa shape index (κ1) is 15.0. The van der Waals surface area contributed by atoms with E-state index in [1.165, 1.54) is 0 Å². The van der Waals surface area contributed by atoms with Gasteiger partial charge in [0.15, 0.2) is 0 Å². The molecular weight excluding hydrogens is 296 g/mol. The smallest absolute Gasteiger partial charge is 0.257 e. The maximum absolute atomic E-state index is 12.3. The second kappa shape index (κ2) is 6.75. The predicted molar refractivity (Wildman–Crippen MR) is 76.2 cm³/mol. The monoisotopic (exact) mass is 314 g/mol. The average molecular weight is 315 g/mol. The highest BCUT2D eigenvalue weighted by Crippen LogP contribution is 2.23. The van der Waals surface area contributed by atoms with Gasteiger partial charge in [-0.3, -0.25) is 4.79 Å². The molecule has 1 amide bonds. The van der Waals surface area contributed by atoms with Gasteiger partial charge < -0.3 is 14.5 Å². The van der Waals surface area contributed by atoms with Crippen LogP contribution in [0, 0.1) is 0 Å². The Morgan fingerprint density at radius 3 is 2.50 bits per heavy atom. The zero-order valence-corrected chi connectivity index (χ0v) is 12.8. The molecule has 0 aliphatic heterocycles. The van der Waals surface area contributed by atoms with Crippen LogP contribution in [-0.4, -0.2) is 57.0 Å². The molecule has 0 aliphatic carbocycles. The maximum Gasteiger partial charge on any atom is 0.257 e. The Bertz CT molecular complexity index is 421. The van der Waals surface area contributed by atoms with Crippen LogP contribution in [0.2, 0.25) is 0 Å². The van der Waals surface area contributed by atoms with Crippen molar-refractivity contribution in [1.82, 2.24) is 9.80 Å². The van der Waals surface area contributed by atoms with Crippen molar-refractivity contribution in [2.24, 2.45) is 0 Å². The van der Waals surface area contributed by atoms with Crippen molar-refractivity contribution in [2.75, 3.05) is 41.3 Å². The number of rotatable bonds is 5. The zero-order valence-electron chi connectivity index (χ0n) is 11.2. The zero-order chi connectivity index (χ0) is 13.7. The SMILES string of the molecule is COc1ccc(Br)cc1C(=O)N(C)CCN(C)C. The van der Waals surface area contributed by atoms with Gasteiger partial charge in [-0.1, -0.05) is 15.9 Å². The molecule has 0 saturated heterocycles. The van der Waals surface area contributed by atoms with Crippen LogP contribution in [-0.2, 0) is 0 Å². The van der Waals surface area contributed by atoms with Gasteiger partial charge in [0.05, 0.1) is 12.7 Å². The van der Waals surface area contributed by atoms with Gasteiger partial charge in [0.1, 0.15) is 5.75 Å². The van der Waals surface area contributed by atoms with E-state index >= 15 is 0 Å². The van der Waals surface area contributed by atoms with Crippen molar-refractivity contribution < 1.29 is 9.53 Å². The molecular formula is C13H19BrN2O2. The molecule has 1 aromatic carbocycles. The lowest BCUT2D eigenvalue weighted by Crippen LogP contribution is -2.33. The molecule has 5 heteroatoms. The summed E-state index contributed by atoms with van der Waals surface area (Å²) >= 11 is 3.37. The average Bonchev–Trinajstić information content (AvgIpc) is 2.34. The molecule has 0 aromatic heterocycles. The molecule has 0 unspecified atom stereocenters. The van der Waals surface area contributed by atoms with E-state index in [4.69, 9.17) is 4.74 Å². The fourth-order valence-corrected chi connectivity index (χ4v) is 1.87. The first-order chi connectivity index (χ1) is 8.45. The van der Waals surface area contributed by atoms with E-state index in [0.29, 0.717) is 17.9 Å². The van der Waals surface area contributed by atoms with Crippen molar-refractivity contribution in [2.45, 2.75) is 0 Å². The molecule has 0 heterocycles. The van der Waals surface area contributed by atoms with Crippen LogP contribution < -0.4 is 4.74 Å². The van der Waals surface area contributed by atoms with Gasteiger partial charge in [0, 0.05) is 24.6 Å². The van der Waals surface area contributed by atoms with Gasteiger partial charge in [0.2, 0.25) is 0 Å². The Hall–Kier alpha value is -1.07. The topological polar surface area (TPSA) is 32.8 Å². The summed E-state index contributed by atoms with van der Waals surface area (Å²) < 4.78 is 6.09. The number of amides is 1. The number of nitrogens with zero attached hydrogens (tertiary/aromatic N) is 2. The quantitative estimate of drug-likeness (QED) is 0.834. The Morgan fingerprint density at radius 2 is 1.94 bits per heavy atom. The second-order valence-electron chi connectivity index (χ2n) is 4.37. The molecule has 0 radical (unpaired) electrons. The first-order valence-corrected chi connectivity index (χ1v) is 6.48. The Kier molecular flexibility index (Phi) is 5.62. The van der Waals surface area contributed by atoms with E-state index in [2.05, 4.69) is 15.9 Å². The van der Waals surface area contributed by atoms with Crippen LogP contribution in [0.4, 0.5) is 0 Å². The number of ether oxygens (including phenoxy) is 1. The summed E-state index contributed by atoms with van der Waals surface area (Å²) in [4.78, 5) is 16.0. The second-order valence-corrected chi connectivity index (χ2v) is 5.29. The lowest BCUT2D eigenvalue weighted by atomic mass is 10.2. The molecule has 1 aromatic rings.